The molecule has 3 nitrogen and oxygen atoms in total. The summed E-state index contributed by atoms with van der Waals surface area (Å²) in [4.78, 5) is 14.4. The zero-order valence-electron chi connectivity index (χ0n) is 14.8. The Bertz CT molecular complexity index is 1090. The number of carbonyl (C=O) groups excluding carboxylic acids is 1. The van der Waals surface area contributed by atoms with Crippen molar-refractivity contribution in [2.45, 2.75) is 12.8 Å². The van der Waals surface area contributed by atoms with Gasteiger partial charge in [0.05, 0.1) is 12.6 Å². The number of aromatic amines is 1. The fraction of sp³-hybridized carbons (Fsp3) is 0.167. The highest BCUT2D eigenvalue weighted by Gasteiger charge is 2.22. The Kier molecular flexibility index (Phi) is 5.41. The van der Waals surface area contributed by atoms with Gasteiger partial charge in [-0.25, -0.2) is 13.2 Å². The predicted octanol–water partition coefficient (Wildman–Crippen LogP) is -0.467. The molecule has 0 bridgehead atoms. The summed E-state index contributed by atoms with van der Waals surface area (Å²) in [6.07, 6.45) is -0.0402. The lowest BCUT2D eigenvalue weighted by Crippen LogP contribution is -2.46. The molecule has 132 valence electrons. The number of esters is 1. The third-order valence-corrected chi connectivity index (χ3v) is 4.58. The first-order valence-electron chi connectivity index (χ1n) is 8.15. The van der Waals surface area contributed by atoms with Gasteiger partial charge in [0.25, 0.3) is 0 Å². The number of H-pyrrole nitrogens is 1. The van der Waals surface area contributed by atoms with Gasteiger partial charge < -0.3 is 9.72 Å². The third-order valence-electron chi connectivity index (χ3n) is 4.58. The van der Waals surface area contributed by atoms with Gasteiger partial charge in [-0.05, 0) is 23.6 Å². The van der Waals surface area contributed by atoms with Crippen LogP contribution in [0.15, 0.2) is 12.1 Å². The molecule has 0 saturated heterocycles. The lowest BCUT2D eigenvalue weighted by molar-refractivity contribution is -0.140. The fourth-order valence-electron chi connectivity index (χ4n) is 3.14. The smallest absolute Gasteiger partial charge is 0.305 e. The van der Waals surface area contributed by atoms with Crippen molar-refractivity contribution in [3.05, 3.63) is 35.1 Å². The molecular weight excluding hydrogens is 362 g/mol. The van der Waals surface area contributed by atoms with E-state index in [1.54, 1.807) is 0 Å². The predicted molar refractivity (Wildman–Crippen MR) is 105 cm³/mol. The largest absolute Gasteiger partial charge is 0.469 e. The summed E-state index contributed by atoms with van der Waals surface area (Å²) in [5, 5.41) is 0.177. The summed E-state index contributed by atoms with van der Waals surface area (Å²) >= 11 is 0. The van der Waals surface area contributed by atoms with Crippen LogP contribution in [0.2, 0.25) is 0 Å². The Morgan fingerprint density at radius 2 is 1.64 bits per heavy atom. The number of methoxy groups -OCH3 is 1. The first-order chi connectivity index (χ1) is 13.2. The lowest BCUT2D eigenvalue weighted by Gasteiger charge is -2.19. The number of benzene rings is 2. The van der Waals surface area contributed by atoms with Crippen molar-refractivity contribution in [1.29, 1.82) is 0 Å². The first kappa shape index (κ1) is 20.2. The highest BCUT2D eigenvalue weighted by atomic mass is 19.1. The van der Waals surface area contributed by atoms with E-state index in [1.807, 2.05) is 0 Å². The Morgan fingerprint density at radius 1 is 1.04 bits per heavy atom. The van der Waals surface area contributed by atoms with Gasteiger partial charge in [-0.15, -0.1) is 0 Å². The van der Waals surface area contributed by atoms with Crippen LogP contribution in [0.1, 0.15) is 12.0 Å². The molecule has 0 aliphatic rings. The van der Waals surface area contributed by atoms with E-state index in [2.05, 4.69) is 9.72 Å². The van der Waals surface area contributed by atoms with Crippen molar-refractivity contribution < 1.29 is 22.7 Å². The van der Waals surface area contributed by atoms with Gasteiger partial charge in [-0.1, -0.05) is 21.9 Å². The minimum Gasteiger partial charge on any atom is -0.469 e. The molecular formula is C18H10B4F3NO2. The molecule has 3 rings (SSSR count). The first-order valence-corrected chi connectivity index (χ1v) is 8.15. The number of halogens is 3. The highest BCUT2D eigenvalue weighted by Crippen LogP contribution is 2.32. The van der Waals surface area contributed by atoms with Crippen LogP contribution in [0, 0.1) is 17.5 Å². The zero-order valence-corrected chi connectivity index (χ0v) is 14.8. The molecule has 1 aromatic heterocycles. The van der Waals surface area contributed by atoms with Crippen molar-refractivity contribution >= 4 is 70.1 Å². The number of aryl methyl sites for hydroxylation is 1. The van der Waals surface area contributed by atoms with Gasteiger partial charge in [0.1, 0.15) is 48.8 Å². The van der Waals surface area contributed by atoms with Crippen LogP contribution in [0.4, 0.5) is 13.2 Å². The Balaban J connectivity index is 2.35. The number of hydrogen-bond donors (Lipinski definition) is 1. The van der Waals surface area contributed by atoms with Crippen molar-refractivity contribution in [2.24, 2.45) is 0 Å². The summed E-state index contributed by atoms with van der Waals surface area (Å²) in [6.45, 7) is 0. The molecule has 0 atom stereocenters. The van der Waals surface area contributed by atoms with E-state index >= 15 is 0 Å². The van der Waals surface area contributed by atoms with Gasteiger partial charge >= 0.3 is 5.97 Å². The number of carbonyl (C=O) groups is 1. The van der Waals surface area contributed by atoms with Crippen LogP contribution < -0.4 is 21.9 Å². The van der Waals surface area contributed by atoms with E-state index < -0.39 is 34.3 Å². The lowest BCUT2D eigenvalue weighted by atomic mass is 9.66. The van der Waals surface area contributed by atoms with Gasteiger partial charge in [0.15, 0.2) is 0 Å². The summed E-state index contributed by atoms with van der Waals surface area (Å²) in [6, 6.07) is 1.81. The number of aromatic nitrogens is 1. The zero-order chi connectivity index (χ0) is 20.7. The summed E-state index contributed by atoms with van der Waals surface area (Å²) in [5.41, 5.74) is -0.757. The highest BCUT2D eigenvalue weighted by molar-refractivity contribution is 6.59. The topological polar surface area (TPSA) is 42.1 Å². The molecule has 10 heteroatoms. The van der Waals surface area contributed by atoms with Crippen LogP contribution in [0.5, 0.6) is 0 Å². The number of rotatable bonds is 4. The third kappa shape index (κ3) is 3.25. The average molecular weight is 373 g/mol. The van der Waals surface area contributed by atoms with Crippen LogP contribution in [0.25, 0.3) is 22.2 Å². The quantitative estimate of drug-likeness (QED) is 0.497. The van der Waals surface area contributed by atoms with Gasteiger partial charge in [-0.3, -0.25) is 4.79 Å². The molecule has 0 amide bonds. The van der Waals surface area contributed by atoms with Gasteiger partial charge in [0, 0.05) is 23.6 Å². The van der Waals surface area contributed by atoms with Crippen LogP contribution in [-0.2, 0) is 16.0 Å². The minimum atomic E-state index is -0.969. The Hall–Kier alpha value is -2.50. The molecule has 28 heavy (non-hydrogen) atoms. The number of ether oxygens (including phenoxy) is 1. The Morgan fingerprint density at radius 3 is 2.21 bits per heavy atom. The van der Waals surface area contributed by atoms with E-state index in [0.717, 1.165) is 6.07 Å². The van der Waals surface area contributed by atoms with Crippen molar-refractivity contribution in [1.82, 2.24) is 4.98 Å². The average Bonchev–Trinajstić information content (AvgIpc) is 3.01. The van der Waals surface area contributed by atoms with Crippen molar-refractivity contribution in [3.63, 3.8) is 0 Å². The maximum absolute atomic E-state index is 14.3. The van der Waals surface area contributed by atoms with E-state index in [-0.39, 0.29) is 45.9 Å². The van der Waals surface area contributed by atoms with Crippen molar-refractivity contribution in [2.75, 3.05) is 7.11 Å². The normalized spacial score (nSPS) is 11.1. The summed E-state index contributed by atoms with van der Waals surface area (Å²) in [7, 11) is 24.5. The molecule has 1 N–H and O–H groups in total. The van der Waals surface area contributed by atoms with Crippen LogP contribution >= 0.6 is 0 Å². The molecule has 0 aliphatic heterocycles. The number of fused-ring (bicyclic) bond motifs is 1. The number of hydrogen-bond acceptors (Lipinski definition) is 2. The SMILES string of the molecule is [B]c1c([B])c(-c2[nH]c3c(F)cc(F)cc3c2CCC(=O)OC)c([B])c([B])c1F. The van der Waals surface area contributed by atoms with E-state index in [1.165, 1.54) is 7.11 Å². The Labute approximate surface area is 164 Å². The van der Waals surface area contributed by atoms with E-state index in [4.69, 9.17) is 31.4 Å². The maximum atomic E-state index is 14.3. The van der Waals surface area contributed by atoms with Gasteiger partial charge in [0.2, 0.25) is 0 Å². The van der Waals surface area contributed by atoms with Crippen molar-refractivity contribution in [3.8, 4) is 11.3 Å². The molecule has 2 aromatic carbocycles. The monoisotopic (exact) mass is 373 g/mol. The standard InChI is InChI=1S/C18H10B4F3NO2/c1-28-10(27)3-2-7-8-4-6(23)5-9(24)17(8)26-18(7)11-12(19)14(21)16(25)15(22)13(11)20/h4-5,26H,2-3H2,1H3. The maximum Gasteiger partial charge on any atom is 0.305 e. The van der Waals surface area contributed by atoms with Gasteiger partial charge in [-0.2, -0.15) is 0 Å². The number of nitrogens with one attached hydrogen (secondary N) is 1. The molecule has 0 spiro atoms. The summed E-state index contributed by atoms with van der Waals surface area (Å²) < 4.78 is 46.8. The molecule has 0 unspecified atom stereocenters. The second-order valence-electron chi connectivity index (χ2n) is 6.21. The fourth-order valence-corrected chi connectivity index (χ4v) is 3.14. The molecule has 0 aliphatic carbocycles. The van der Waals surface area contributed by atoms with Crippen LogP contribution in [-0.4, -0.2) is 49.4 Å². The van der Waals surface area contributed by atoms with E-state index in [9.17, 15) is 18.0 Å². The summed E-state index contributed by atoms with van der Waals surface area (Å²) in [5.74, 6) is -3.17. The molecule has 0 fully saturated rings. The minimum absolute atomic E-state index is 0.0310. The second-order valence-corrected chi connectivity index (χ2v) is 6.21. The molecule has 0 saturated carbocycles. The molecule has 8 radical (unpaired) electrons. The second kappa shape index (κ2) is 7.49. The molecule has 3 aromatic rings. The van der Waals surface area contributed by atoms with Crippen LogP contribution in [0.3, 0.4) is 0 Å². The van der Waals surface area contributed by atoms with E-state index in [0.29, 0.717) is 11.6 Å². The molecule has 1 heterocycles.